The maximum absolute atomic E-state index is 11.9. The Hall–Kier alpha value is -2.74. The fourth-order valence-electron chi connectivity index (χ4n) is 2.23. The Kier molecular flexibility index (Phi) is 5.30. The molecule has 0 aliphatic heterocycles. The number of benzene rings is 1. The Bertz CT molecular complexity index is 734. The van der Waals surface area contributed by atoms with Gasteiger partial charge in [0.25, 0.3) is 0 Å². The second kappa shape index (κ2) is 7.22. The van der Waals surface area contributed by atoms with Gasteiger partial charge in [0.15, 0.2) is 0 Å². The maximum atomic E-state index is 11.9. The van der Waals surface area contributed by atoms with Gasteiger partial charge in [0, 0.05) is 12.0 Å². The second-order valence-electron chi connectivity index (χ2n) is 4.78. The molecule has 1 aromatic carbocycles. The molecule has 0 amide bonds. The van der Waals surface area contributed by atoms with Crippen molar-refractivity contribution in [3.63, 3.8) is 0 Å². The highest BCUT2D eigenvalue weighted by Gasteiger charge is 2.21. The molecule has 0 aliphatic rings. The fraction of sp³-hybridized carbons (Fsp3) is 0.267. The zero-order valence-electron chi connectivity index (χ0n) is 13.4. The van der Waals surface area contributed by atoms with E-state index in [-0.39, 0.29) is 22.5 Å². The zero-order valence-corrected chi connectivity index (χ0v) is 14.2. The summed E-state index contributed by atoms with van der Waals surface area (Å²) in [6.07, 6.45) is 0.305. The Labute approximate surface area is 143 Å². The van der Waals surface area contributed by atoms with Crippen LogP contribution in [0.5, 0.6) is 11.5 Å². The summed E-state index contributed by atoms with van der Waals surface area (Å²) in [5.41, 5.74) is 12.8. The van der Waals surface area contributed by atoms with E-state index in [1.165, 1.54) is 21.3 Å². The summed E-state index contributed by atoms with van der Waals surface area (Å²) in [6, 6.07) is 3.34. The number of ether oxygens (including phenoxy) is 3. The minimum Gasteiger partial charge on any atom is -0.496 e. The van der Waals surface area contributed by atoms with E-state index >= 15 is 0 Å². The standard InChI is InChI=1S/C15H17ClN4O4/c1-22-9-5-7(6-10(23-2)11(9)14(21)24-3)4-8-12(16)19-15(18)20-13(8)17/h5-6H,4H2,1-3H3,(H4,17,18,19,20). The average Bonchev–Trinajstić information content (AvgIpc) is 2.56. The monoisotopic (exact) mass is 352 g/mol. The van der Waals surface area contributed by atoms with Crippen LogP contribution < -0.4 is 20.9 Å². The molecule has 0 aliphatic carbocycles. The van der Waals surface area contributed by atoms with Crippen molar-refractivity contribution >= 4 is 29.3 Å². The molecule has 128 valence electrons. The molecule has 0 spiro atoms. The van der Waals surface area contributed by atoms with Gasteiger partial charge in [0.2, 0.25) is 5.95 Å². The molecule has 0 radical (unpaired) electrons. The topological polar surface area (TPSA) is 123 Å². The number of halogens is 1. The lowest BCUT2D eigenvalue weighted by atomic mass is 10.0. The van der Waals surface area contributed by atoms with Crippen LogP contribution in [0, 0.1) is 0 Å². The third kappa shape index (κ3) is 3.43. The molecule has 0 saturated heterocycles. The highest BCUT2D eigenvalue weighted by molar-refractivity contribution is 6.30. The number of carbonyl (C=O) groups is 1. The number of aromatic nitrogens is 2. The second-order valence-corrected chi connectivity index (χ2v) is 5.14. The van der Waals surface area contributed by atoms with E-state index in [4.69, 9.17) is 37.3 Å². The largest absolute Gasteiger partial charge is 0.496 e. The molecule has 0 bridgehead atoms. The number of hydrogen-bond acceptors (Lipinski definition) is 8. The molecule has 4 N–H and O–H groups in total. The molecule has 0 unspecified atom stereocenters. The molecule has 1 heterocycles. The lowest BCUT2D eigenvalue weighted by Gasteiger charge is -2.14. The molecule has 0 fully saturated rings. The predicted octanol–water partition coefficient (Wildman–Crippen LogP) is 1.69. The number of carbonyl (C=O) groups excluding carboxylic acids is 1. The molecule has 24 heavy (non-hydrogen) atoms. The van der Waals surface area contributed by atoms with Gasteiger partial charge in [-0.2, -0.15) is 4.98 Å². The van der Waals surface area contributed by atoms with Crippen molar-refractivity contribution in [2.45, 2.75) is 6.42 Å². The van der Waals surface area contributed by atoms with Crippen LogP contribution in [0.2, 0.25) is 5.15 Å². The first-order valence-electron chi connectivity index (χ1n) is 6.81. The molecule has 1 aromatic heterocycles. The van der Waals surface area contributed by atoms with E-state index in [9.17, 15) is 4.79 Å². The molecule has 2 rings (SSSR count). The maximum Gasteiger partial charge on any atom is 0.345 e. The van der Waals surface area contributed by atoms with Gasteiger partial charge < -0.3 is 25.7 Å². The Morgan fingerprint density at radius 2 is 1.71 bits per heavy atom. The van der Waals surface area contributed by atoms with Crippen LogP contribution >= 0.6 is 11.6 Å². The normalized spacial score (nSPS) is 10.3. The number of methoxy groups -OCH3 is 3. The van der Waals surface area contributed by atoms with Crippen LogP contribution in [0.25, 0.3) is 0 Å². The fourth-order valence-corrected chi connectivity index (χ4v) is 2.48. The minimum atomic E-state index is -0.566. The number of nitrogens with zero attached hydrogens (tertiary/aromatic N) is 2. The van der Waals surface area contributed by atoms with E-state index in [2.05, 4.69) is 9.97 Å². The number of anilines is 2. The molecule has 0 saturated carbocycles. The van der Waals surface area contributed by atoms with Crippen molar-refractivity contribution in [2.75, 3.05) is 32.8 Å². The third-order valence-electron chi connectivity index (χ3n) is 3.34. The van der Waals surface area contributed by atoms with E-state index in [1.54, 1.807) is 12.1 Å². The van der Waals surface area contributed by atoms with Crippen LogP contribution in [0.3, 0.4) is 0 Å². The van der Waals surface area contributed by atoms with Gasteiger partial charge >= 0.3 is 5.97 Å². The van der Waals surface area contributed by atoms with Crippen molar-refractivity contribution in [1.82, 2.24) is 9.97 Å². The Balaban J connectivity index is 2.51. The smallest absolute Gasteiger partial charge is 0.345 e. The molecule has 9 heteroatoms. The van der Waals surface area contributed by atoms with Gasteiger partial charge in [-0.15, -0.1) is 0 Å². The molecule has 8 nitrogen and oxygen atoms in total. The Morgan fingerprint density at radius 3 is 2.17 bits per heavy atom. The van der Waals surface area contributed by atoms with Crippen LogP contribution in [0.4, 0.5) is 11.8 Å². The average molecular weight is 353 g/mol. The summed E-state index contributed by atoms with van der Waals surface area (Å²) >= 11 is 6.09. The van der Waals surface area contributed by atoms with Crippen LogP contribution in [-0.4, -0.2) is 37.3 Å². The zero-order chi connectivity index (χ0) is 17.9. The first-order chi connectivity index (χ1) is 11.4. The summed E-state index contributed by atoms with van der Waals surface area (Å²) in [5.74, 6) is 0.230. The van der Waals surface area contributed by atoms with Gasteiger partial charge in [-0.05, 0) is 17.7 Å². The lowest BCUT2D eigenvalue weighted by molar-refractivity contribution is 0.0593. The van der Waals surface area contributed by atoms with Crippen molar-refractivity contribution in [1.29, 1.82) is 0 Å². The Morgan fingerprint density at radius 1 is 1.12 bits per heavy atom. The highest BCUT2D eigenvalue weighted by Crippen LogP contribution is 2.33. The van der Waals surface area contributed by atoms with Crippen molar-refractivity contribution in [3.8, 4) is 11.5 Å². The summed E-state index contributed by atoms with van der Waals surface area (Å²) in [7, 11) is 4.17. The molecule has 2 aromatic rings. The van der Waals surface area contributed by atoms with Gasteiger partial charge in [0.05, 0.1) is 21.3 Å². The van der Waals surface area contributed by atoms with E-state index < -0.39 is 5.97 Å². The number of nitrogen functional groups attached to an aromatic ring is 2. The SMILES string of the molecule is COC(=O)c1c(OC)cc(Cc2c(N)nc(N)nc2Cl)cc1OC. The number of rotatable bonds is 5. The van der Waals surface area contributed by atoms with Gasteiger partial charge in [0.1, 0.15) is 28.0 Å². The predicted molar refractivity (Wildman–Crippen MR) is 89.6 cm³/mol. The van der Waals surface area contributed by atoms with Crippen LogP contribution in [0.1, 0.15) is 21.5 Å². The van der Waals surface area contributed by atoms with Gasteiger partial charge in [-0.25, -0.2) is 9.78 Å². The first-order valence-corrected chi connectivity index (χ1v) is 7.19. The number of esters is 1. The number of nitrogens with two attached hydrogens (primary N) is 2. The van der Waals surface area contributed by atoms with Crippen molar-refractivity contribution < 1.29 is 19.0 Å². The summed E-state index contributed by atoms with van der Waals surface area (Å²) in [6.45, 7) is 0. The molecular formula is C15H17ClN4O4. The van der Waals surface area contributed by atoms with Gasteiger partial charge in [-0.1, -0.05) is 11.6 Å². The van der Waals surface area contributed by atoms with Crippen molar-refractivity contribution in [2.24, 2.45) is 0 Å². The van der Waals surface area contributed by atoms with Gasteiger partial charge in [-0.3, -0.25) is 0 Å². The van der Waals surface area contributed by atoms with E-state index in [1.807, 2.05) is 0 Å². The third-order valence-corrected chi connectivity index (χ3v) is 3.65. The highest BCUT2D eigenvalue weighted by atomic mass is 35.5. The van der Waals surface area contributed by atoms with E-state index in [0.29, 0.717) is 23.5 Å². The van der Waals surface area contributed by atoms with Crippen LogP contribution in [0.15, 0.2) is 12.1 Å². The quantitative estimate of drug-likeness (QED) is 0.615. The van der Waals surface area contributed by atoms with Crippen molar-refractivity contribution in [3.05, 3.63) is 34.0 Å². The first kappa shape index (κ1) is 17.6. The summed E-state index contributed by atoms with van der Waals surface area (Å²) in [5, 5.41) is 0.162. The summed E-state index contributed by atoms with van der Waals surface area (Å²) in [4.78, 5) is 19.7. The summed E-state index contributed by atoms with van der Waals surface area (Å²) < 4.78 is 15.3. The molecular weight excluding hydrogens is 336 g/mol. The minimum absolute atomic E-state index is 0.00236. The lowest BCUT2D eigenvalue weighted by Crippen LogP contribution is -2.09. The molecule has 0 atom stereocenters. The van der Waals surface area contributed by atoms with Crippen LogP contribution in [-0.2, 0) is 11.2 Å². The number of hydrogen-bond donors (Lipinski definition) is 2. The van der Waals surface area contributed by atoms with E-state index in [0.717, 1.165) is 5.56 Å².